The molecule has 0 aromatic rings. The second kappa shape index (κ2) is 7.42. The Labute approximate surface area is 134 Å². The third kappa shape index (κ3) is 5.30. The van der Waals surface area contributed by atoms with Gasteiger partial charge in [-0.25, -0.2) is 9.59 Å². The number of carbonyl (C=O) groups is 2. The lowest BCUT2D eigenvalue weighted by molar-refractivity contribution is -0.195. The molecular weight excluding hydrogens is 312 g/mol. The number of alkyl halides is 2. The van der Waals surface area contributed by atoms with Crippen LogP contribution in [-0.2, 0) is 14.3 Å². The fraction of sp³-hybridized carbons (Fsp3) is 0.867. The van der Waals surface area contributed by atoms with Crippen LogP contribution in [0.1, 0.15) is 40.5 Å². The number of halogens is 2. The monoisotopic (exact) mass is 337 g/mol. The van der Waals surface area contributed by atoms with Gasteiger partial charge in [-0.05, 0) is 46.5 Å². The molecule has 1 N–H and O–H groups in total. The number of amides is 1. The van der Waals surface area contributed by atoms with Crippen molar-refractivity contribution in [2.45, 2.75) is 58.2 Å². The summed E-state index contributed by atoms with van der Waals surface area (Å²) in [5, 5.41) is 9.82. The number of likely N-dealkylation sites (tertiary alicyclic amines) is 1. The van der Waals surface area contributed by atoms with Crippen molar-refractivity contribution in [1.29, 1.82) is 0 Å². The van der Waals surface area contributed by atoms with Gasteiger partial charge in [0.05, 0.1) is 6.61 Å². The molecule has 134 valence electrons. The van der Waals surface area contributed by atoms with Crippen LogP contribution in [0, 0.1) is 5.92 Å². The predicted octanol–water partition coefficient (Wildman–Crippen LogP) is 2.19. The van der Waals surface area contributed by atoms with E-state index in [1.807, 2.05) is 0 Å². The smallest absolute Gasteiger partial charge is 0.410 e. The Morgan fingerprint density at radius 1 is 1.26 bits per heavy atom. The first kappa shape index (κ1) is 19.6. The van der Waals surface area contributed by atoms with Crippen molar-refractivity contribution in [3.05, 3.63) is 0 Å². The molecule has 8 heteroatoms. The topological polar surface area (TPSA) is 76.1 Å². The quantitative estimate of drug-likeness (QED) is 0.796. The molecule has 1 aliphatic heterocycles. The number of piperidine rings is 1. The molecule has 1 heterocycles. The molecular formula is C15H25F2NO5. The fourth-order valence-electron chi connectivity index (χ4n) is 2.37. The van der Waals surface area contributed by atoms with Gasteiger partial charge in [-0.15, -0.1) is 0 Å². The summed E-state index contributed by atoms with van der Waals surface area (Å²) in [5.41, 5.74) is -0.635. The van der Waals surface area contributed by atoms with Crippen LogP contribution in [-0.4, -0.2) is 59.4 Å². The lowest BCUT2D eigenvalue weighted by Gasteiger charge is -2.36. The molecule has 1 saturated heterocycles. The number of aliphatic hydroxyl groups is 1. The highest BCUT2D eigenvalue weighted by molar-refractivity contribution is 5.78. The summed E-state index contributed by atoms with van der Waals surface area (Å²) < 4.78 is 37.2. The Kier molecular flexibility index (Phi) is 6.33. The predicted molar refractivity (Wildman–Crippen MR) is 78.1 cm³/mol. The van der Waals surface area contributed by atoms with Crippen molar-refractivity contribution >= 4 is 12.1 Å². The molecule has 1 rings (SSSR count). The van der Waals surface area contributed by atoms with Gasteiger partial charge < -0.3 is 19.5 Å². The van der Waals surface area contributed by atoms with E-state index in [9.17, 15) is 23.5 Å². The van der Waals surface area contributed by atoms with Crippen molar-refractivity contribution in [1.82, 2.24) is 4.90 Å². The second-order valence-electron chi connectivity index (χ2n) is 6.59. The van der Waals surface area contributed by atoms with Crippen LogP contribution in [0.3, 0.4) is 0 Å². The Balaban J connectivity index is 2.58. The molecule has 6 nitrogen and oxygen atoms in total. The minimum absolute atomic E-state index is 0.162. The van der Waals surface area contributed by atoms with E-state index in [0.717, 1.165) is 0 Å². The van der Waals surface area contributed by atoms with Crippen LogP contribution in [0.15, 0.2) is 0 Å². The number of carbonyl (C=O) groups excluding carboxylic acids is 2. The van der Waals surface area contributed by atoms with Crippen molar-refractivity contribution in [2.24, 2.45) is 5.92 Å². The molecule has 0 aromatic carbocycles. The van der Waals surface area contributed by atoms with E-state index in [2.05, 4.69) is 4.74 Å². The van der Waals surface area contributed by atoms with Gasteiger partial charge in [0, 0.05) is 13.1 Å². The van der Waals surface area contributed by atoms with Crippen LogP contribution >= 0.6 is 0 Å². The zero-order valence-electron chi connectivity index (χ0n) is 14.0. The standard InChI is InChI=1S/C15H25F2NO5/c1-5-22-12(20)15(16,17)11(19)10-6-8-18(9-7-10)13(21)23-14(2,3)4/h10-11,19H,5-9H2,1-4H3. The van der Waals surface area contributed by atoms with E-state index in [-0.39, 0.29) is 32.5 Å². The highest BCUT2D eigenvalue weighted by Gasteiger charge is 2.51. The Morgan fingerprint density at radius 2 is 1.78 bits per heavy atom. The molecule has 1 unspecified atom stereocenters. The van der Waals surface area contributed by atoms with E-state index < -0.39 is 35.6 Å². The Hall–Kier alpha value is -1.44. The van der Waals surface area contributed by atoms with E-state index in [0.29, 0.717) is 0 Å². The number of hydrogen-bond acceptors (Lipinski definition) is 5. The van der Waals surface area contributed by atoms with Gasteiger partial charge in [0.1, 0.15) is 11.7 Å². The van der Waals surface area contributed by atoms with Crippen molar-refractivity contribution in [3.8, 4) is 0 Å². The number of rotatable bonds is 4. The first-order valence-corrected chi connectivity index (χ1v) is 7.70. The van der Waals surface area contributed by atoms with Crippen LogP contribution < -0.4 is 0 Å². The van der Waals surface area contributed by atoms with Gasteiger partial charge >= 0.3 is 18.0 Å². The fourth-order valence-corrected chi connectivity index (χ4v) is 2.37. The first-order chi connectivity index (χ1) is 10.5. The third-order valence-corrected chi connectivity index (χ3v) is 3.56. The van der Waals surface area contributed by atoms with E-state index >= 15 is 0 Å². The molecule has 0 spiro atoms. The average Bonchev–Trinajstić information content (AvgIpc) is 2.45. The van der Waals surface area contributed by atoms with Crippen LogP contribution in [0.4, 0.5) is 13.6 Å². The summed E-state index contributed by atoms with van der Waals surface area (Å²) in [6.45, 7) is 6.83. The summed E-state index contributed by atoms with van der Waals surface area (Å²) in [6, 6.07) is 0. The number of aliphatic hydroxyl groups excluding tert-OH is 1. The van der Waals surface area contributed by atoms with Gasteiger partial charge in [0.2, 0.25) is 0 Å². The van der Waals surface area contributed by atoms with Crippen LogP contribution in [0.5, 0.6) is 0 Å². The van der Waals surface area contributed by atoms with E-state index in [1.54, 1.807) is 20.8 Å². The molecule has 1 atom stereocenters. The molecule has 1 fully saturated rings. The van der Waals surface area contributed by atoms with Crippen molar-refractivity contribution < 1.29 is 33.0 Å². The van der Waals surface area contributed by atoms with Crippen LogP contribution in [0.25, 0.3) is 0 Å². The largest absolute Gasteiger partial charge is 0.461 e. The Bertz CT molecular complexity index is 428. The van der Waals surface area contributed by atoms with E-state index in [1.165, 1.54) is 11.8 Å². The Morgan fingerprint density at radius 3 is 2.22 bits per heavy atom. The number of ether oxygens (including phenoxy) is 2. The number of esters is 1. The molecule has 23 heavy (non-hydrogen) atoms. The molecule has 0 saturated carbocycles. The lowest BCUT2D eigenvalue weighted by Crippen LogP contribution is -2.50. The maximum Gasteiger partial charge on any atom is 0.410 e. The number of hydrogen-bond donors (Lipinski definition) is 1. The van der Waals surface area contributed by atoms with Gasteiger partial charge in [0.15, 0.2) is 0 Å². The molecule has 1 amide bonds. The molecule has 1 aliphatic rings. The maximum atomic E-state index is 13.8. The van der Waals surface area contributed by atoms with Crippen LogP contribution in [0.2, 0.25) is 0 Å². The minimum atomic E-state index is -3.95. The zero-order chi connectivity index (χ0) is 17.8. The van der Waals surface area contributed by atoms with Gasteiger partial charge in [-0.3, -0.25) is 0 Å². The molecule has 0 aromatic heterocycles. The van der Waals surface area contributed by atoms with Gasteiger partial charge in [-0.1, -0.05) is 0 Å². The summed E-state index contributed by atoms with van der Waals surface area (Å²) in [6.07, 6.45) is -2.31. The summed E-state index contributed by atoms with van der Waals surface area (Å²) in [5.74, 6) is -6.45. The zero-order valence-corrected chi connectivity index (χ0v) is 14.0. The van der Waals surface area contributed by atoms with Gasteiger partial charge in [0.25, 0.3) is 0 Å². The lowest BCUT2D eigenvalue weighted by atomic mass is 9.88. The van der Waals surface area contributed by atoms with E-state index in [4.69, 9.17) is 4.74 Å². The summed E-state index contributed by atoms with van der Waals surface area (Å²) in [7, 11) is 0. The minimum Gasteiger partial charge on any atom is -0.461 e. The van der Waals surface area contributed by atoms with Gasteiger partial charge in [-0.2, -0.15) is 8.78 Å². The first-order valence-electron chi connectivity index (χ1n) is 7.70. The molecule has 0 bridgehead atoms. The summed E-state index contributed by atoms with van der Waals surface area (Å²) >= 11 is 0. The number of nitrogens with zero attached hydrogens (tertiary/aromatic N) is 1. The van der Waals surface area contributed by atoms with Crippen molar-refractivity contribution in [2.75, 3.05) is 19.7 Å². The second-order valence-corrected chi connectivity index (χ2v) is 6.59. The highest BCUT2D eigenvalue weighted by atomic mass is 19.3. The molecule has 0 radical (unpaired) electrons. The normalized spacial score (nSPS) is 18.5. The highest BCUT2D eigenvalue weighted by Crippen LogP contribution is 2.32. The molecule has 0 aliphatic carbocycles. The average molecular weight is 337 g/mol. The third-order valence-electron chi connectivity index (χ3n) is 3.56. The summed E-state index contributed by atoms with van der Waals surface area (Å²) in [4.78, 5) is 24.6. The maximum absolute atomic E-state index is 13.8. The van der Waals surface area contributed by atoms with Crippen molar-refractivity contribution in [3.63, 3.8) is 0 Å². The SMILES string of the molecule is CCOC(=O)C(F)(F)C(O)C1CCN(C(=O)OC(C)(C)C)CC1.